The Morgan fingerprint density at radius 2 is 1.69 bits per heavy atom. The van der Waals surface area contributed by atoms with Crippen LogP contribution in [0, 0.1) is 5.92 Å². The maximum Gasteiger partial charge on any atom is 0.573 e. The summed E-state index contributed by atoms with van der Waals surface area (Å²) in [5.41, 5.74) is 3.64. The van der Waals surface area contributed by atoms with Crippen LogP contribution in [0.5, 0.6) is 5.75 Å². The highest BCUT2D eigenvalue weighted by Crippen LogP contribution is 2.44. The molecule has 0 spiro atoms. The van der Waals surface area contributed by atoms with Gasteiger partial charge in [0.2, 0.25) is 0 Å². The molecule has 0 radical (unpaired) electrons. The average Bonchev–Trinajstić information content (AvgIpc) is 3.53. The Labute approximate surface area is 182 Å². The highest BCUT2D eigenvalue weighted by molar-refractivity contribution is 5.89. The number of hydrogen-bond donors (Lipinski definition) is 0. The van der Waals surface area contributed by atoms with E-state index >= 15 is 0 Å². The number of ether oxygens (including phenoxy) is 1. The molecule has 5 nitrogen and oxygen atoms in total. The molecule has 1 aromatic heterocycles. The molecule has 3 aromatic rings. The van der Waals surface area contributed by atoms with E-state index in [-0.39, 0.29) is 23.7 Å². The fourth-order valence-electron chi connectivity index (χ4n) is 4.59. The zero-order valence-corrected chi connectivity index (χ0v) is 17.1. The molecule has 2 aliphatic rings. The molecule has 0 amide bonds. The molecule has 0 saturated heterocycles. The third kappa shape index (κ3) is 4.35. The molecular formula is C24H21F3N2O3. The summed E-state index contributed by atoms with van der Waals surface area (Å²) in [6.45, 7) is 0. The van der Waals surface area contributed by atoms with Gasteiger partial charge in [-0.2, -0.15) is 0 Å². The summed E-state index contributed by atoms with van der Waals surface area (Å²) in [5, 5.41) is 8.68. The molecule has 1 fully saturated rings. The van der Waals surface area contributed by atoms with E-state index in [1.54, 1.807) is 12.1 Å². The number of nitrogens with zero attached hydrogens (tertiary/aromatic N) is 2. The second kappa shape index (κ2) is 8.33. The fraction of sp³-hybridized carbons (Fsp3) is 0.333. The van der Waals surface area contributed by atoms with Crippen molar-refractivity contribution in [1.82, 2.24) is 5.16 Å². The van der Waals surface area contributed by atoms with Crippen molar-refractivity contribution in [3.8, 4) is 17.1 Å². The number of rotatable bonds is 5. The van der Waals surface area contributed by atoms with E-state index in [1.165, 1.54) is 12.1 Å². The third-order valence-electron chi connectivity index (χ3n) is 6.09. The number of benzene rings is 2. The minimum Gasteiger partial charge on any atom is -0.406 e. The molecule has 2 aromatic carbocycles. The van der Waals surface area contributed by atoms with Crippen molar-refractivity contribution >= 4 is 5.71 Å². The van der Waals surface area contributed by atoms with Crippen LogP contribution < -0.4 is 4.74 Å². The summed E-state index contributed by atoms with van der Waals surface area (Å²) < 4.78 is 46.6. The normalized spacial score (nSPS) is 23.1. The number of oxime groups is 1. The van der Waals surface area contributed by atoms with Gasteiger partial charge in [-0.25, -0.2) is 0 Å². The molecule has 0 bridgehead atoms. The van der Waals surface area contributed by atoms with Crippen LogP contribution in [-0.4, -0.2) is 17.2 Å². The molecule has 8 heteroatoms. The zero-order chi connectivity index (χ0) is 22.1. The summed E-state index contributed by atoms with van der Waals surface area (Å²) in [5.74, 6) is 0.910. The van der Waals surface area contributed by atoms with Gasteiger partial charge in [-0.1, -0.05) is 59.2 Å². The van der Waals surface area contributed by atoms with E-state index in [9.17, 15) is 13.2 Å². The fourth-order valence-corrected chi connectivity index (χ4v) is 4.59. The van der Waals surface area contributed by atoms with Crippen LogP contribution in [0.4, 0.5) is 13.2 Å². The Morgan fingerprint density at radius 1 is 0.938 bits per heavy atom. The van der Waals surface area contributed by atoms with Gasteiger partial charge in [0.15, 0.2) is 11.9 Å². The van der Waals surface area contributed by atoms with Gasteiger partial charge >= 0.3 is 6.36 Å². The lowest BCUT2D eigenvalue weighted by molar-refractivity contribution is -0.274. The molecule has 3 atom stereocenters. The molecule has 1 aliphatic heterocycles. The van der Waals surface area contributed by atoms with Crippen molar-refractivity contribution in [1.29, 1.82) is 0 Å². The van der Waals surface area contributed by atoms with Gasteiger partial charge < -0.3 is 14.1 Å². The molecule has 32 heavy (non-hydrogen) atoms. The van der Waals surface area contributed by atoms with E-state index in [1.807, 2.05) is 36.4 Å². The number of aromatic nitrogens is 1. The minimum absolute atomic E-state index is 0.208. The molecule has 1 aliphatic carbocycles. The van der Waals surface area contributed by atoms with E-state index in [2.05, 4.69) is 15.0 Å². The van der Waals surface area contributed by atoms with E-state index in [0.29, 0.717) is 6.42 Å². The maximum absolute atomic E-state index is 12.4. The van der Waals surface area contributed by atoms with E-state index < -0.39 is 6.36 Å². The van der Waals surface area contributed by atoms with Crippen molar-refractivity contribution < 1.29 is 27.3 Å². The van der Waals surface area contributed by atoms with Gasteiger partial charge in [0.25, 0.3) is 0 Å². The summed E-state index contributed by atoms with van der Waals surface area (Å²) >= 11 is 0. The molecule has 1 saturated carbocycles. The lowest BCUT2D eigenvalue weighted by atomic mass is 9.86. The maximum atomic E-state index is 12.4. The first-order valence-electron chi connectivity index (χ1n) is 10.6. The molecule has 5 rings (SSSR count). The van der Waals surface area contributed by atoms with Crippen LogP contribution in [0.2, 0.25) is 0 Å². The first-order valence-corrected chi connectivity index (χ1v) is 10.6. The van der Waals surface area contributed by atoms with Gasteiger partial charge in [0.05, 0.1) is 11.4 Å². The second-order valence-electron chi connectivity index (χ2n) is 8.12. The minimum atomic E-state index is -4.71. The van der Waals surface area contributed by atoms with Crippen LogP contribution in [0.1, 0.15) is 49.0 Å². The number of hydrogen-bond acceptors (Lipinski definition) is 5. The van der Waals surface area contributed by atoms with Crippen LogP contribution in [-0.2, 0) is 4.84 Å². The Kier molecular flexibility index (Phi) is 5.36. The molecular weight excluding hydrogens is 421 g/mol. The van der Waals surface area contributed by atoms with Crippen molar-refractivity contribution in [3.05, 3.63) is 71.9 Å². The molecule has 2 heterocycles. The predicted molar refractivity (Wildman–Crippen MR) is 111 cm³/mol. The summed E-state index contributed by atoms with van der Waals surface area (Å²) in [4.78, 5) is 5.64. The van der Waals surface area contributed by atoms with Crippen molar-refractivity contribution in [2.75, 3.05) is 0 Å². The van der Waals surface area contributed by atoms with Crippen molar-refractivity contribution in [2.24, 2.45) is 11.1 Å². The summed E-state index contributed by atoms with van der Waals surface area (Å²) in [6.07, 6.45) is -1.37. The van der Waals surface area contributed by atoms with Crippen LogP contribution >= 0.6 is 0 Å². The second-order valence-corrected chi connectivity index (χ2v) is 8.12. The highest BCUT2D eigenvalue weighted by atomic mass is 19.4. The quantitative estimate of drug-likeness (QED) is 0.444. The molecule has 166 valence electrons. The smallest absolute Gasteiger partial charge is 0.406 e. The van der Waals surface area contributed by atoms with Gasteiger partial charge in [0.1, 0.15) is 5.75 Å². The van der Waals surface area contributed by atoms with E-state index in [4.69, 9.17) is 9.36 Å². The van der Waals surface area contributed by atoms with Crippen LogP contribution in [0.25, 0.3) is 11.3 Å². The molecule has 1 unspecified atom stereocenters. The van der Waals surface area contributed by atoms with Gasteiger partial charge in [-0.05, 0) is 30.5 Å². The lowest BCUT2D eigenvalue weighted by Crippen LogP contribution is -2.17. The Bertz CT molecular complexity index is 1090. The van der Waals surface area contributed by atoms with Crippen LogP contribution in [0.15, 0.2) is 70.3 Å². The highest BCUT2D eigenvalue weighted by Gasteiger charge is 2.38. The Hall–Kier alpha value is -3.29. The van der Waals surface area contributed by atoms with Gasteiger partial charge in [-0.3, -0.25) is 0 Å². The predicted octanol–water partition coefficient (Wildman–Crippen LogP) is 6.64. The van der Waals surface area contributed by atoms with Gasteiger partial charge in [0, 0.05) is 29.9 Å². The Balaban J connectivity index is 1.26. The standard InChI is InChI=1S/C24H21F3N2O3/c25-24(26,27)30-17-11-9-16(10-12-17)23-14-21(29-32-23)19-8-4-7-18(19)20-13-22(31-28-20)15-5-2-1-3-6-15/h1-3,5-6,9-13,18-19,23H,4,7-8,14H2/t18-,19-,23?/m1/s1. The SMILES string of the molecule is FC(F)(F)Oc1ccc(C2CC([C@@H]3CCC[C@H]3c3cc(-c4ccccc4)on3)=NO2)cc1. The van der Waals surface area contributed by atoms with Crippen LogP contribution in [0.3, 0.4) is 0 Å². The summed E-state index contributed by atoms with van der Waals surface area (Å²) in [6, 6.07) is 17.6. The number of halogens is 3. The van der Waals surface area contributed by atoms with Crippen molar-refractivity contribution in [2.45, 2.75) is 44.1 Å². The molecule has 0 N–H and O–H groups in total. The van der Waals surface area contributed by atoms with E-state index in [0.717, 1.165) is 47.6 Å². The number of alkyl halides is 3. The summed E-state index contributed by atoms with van der Waals surface area (Å²) in [7, 11) is 0. The monoisotopic (exact) mass is 442 g/mol. The zero-order valence-electron chi connectivity index (χ0n) is 17.1. The largest absolute Gasteiger partial charge is 0.573 e. The third-order valence-corrected chi connectivity index (χ3v) is 6.09. The average molecular weight is 442 g/mol. The first-order chi connectivity index (χ1) is 15.5. The van der Waals surface area contributed by atoms with Crippen molar-refractivity contribution in [3.63, 3.8) is 0 Å². The first kappa shape index (κ1) is 20.6. The lowest BCUT2D eigenvalue weighted by Gasteiger charge is -2.16. The topological polar surface area (TPSA) is 56.9 Å². The van der Waals surface area contributed by atoms with Gasteiger partial charge in [-0.15, -0.1) is 13.2 Å². The Morgan fingerprint density at radius 3 is 2.44 bits per heavy atom.